The van der Waals surface area contributed by atoms with E-state index >= 15 is 0 Å². The van der Waals surface area contributed by atoms with E-state index < -0.39 is 5.97 Å². The van der Waals surface area contributed by atoms with Crippen molar-refractivity contribution in [2.24, 2.45) is 0 Å². The second-order valence-corrected chi connectivity index (χ2v) is 9.52. The number of carbonyl (C=O) groups excluding carboxylic acids is 2. The first kappa shape index (κ1) is 23.9. The Morgan fingerprint density at radius 2 is 1.56 bits per heavy atom. The van der Waals surface area contributed by atoms with Gasteiger partial charge >= 0.3 is 5.97 Å². The largest absolute Gasteiger partial charge is 0.462 e. The van der Waals surface area contributed by atoms with Crippen molar-refractivity contribution in [2.45, 2.75) is 19.3 Å². The fraction of sp³-hybridized carbons (Fsp3) is 0.300. The molecular formula is C30H31N3O3. The summed E-state index contributed by atoms with van der Waals surface area (Å²) in [5.41, 5.74) is 6.15. The molecule has 1 aromatic heterocycles. The quantitative estimate of drug-likeness (QED) is 0.497. The molecule has 0 bridgehead atoms. The van der Waals surface area contributed by atoms with Gasteiger partial charge in [0.1, 0.15) is 0 Å². The van der Waals surface area contributed by atoms with Gasteiger partial charge in [-0.15, -0.1) is 0 Å². The van der Waals surface area contributed by atoms with Crippen molar-refractivity contribution in [2.75, 3.05) is 39.8 Å². The summed E-state index contributed by atoms with van der Waals surface area (Å²) in [5, 5.41) is 0. The summed E-state index contributed by atoms with van der Waals surface area (Å²) in [6.07, 6.45) is 6.52. The van der Waals surface area contributed by atoms with Gasteiger partial charge < -0.3 is 14.5 Å². The maximum Gasteiger partial charge on any atom is 0.340 e. The van der Waals surface area contributed by atoms with Crippen LogP contribution in [0.3, 0.4) is 0 Å². The molecule has 3 aromatic rings. The van der Waals surface area contributed by atoms with E-state index in [1.807, 2.05) is 24.1 Å². The van der Waals surface area contributed by atoms with Crippen molar-refractivity contribution in [3.63, 3.8) is 0 Å². The number of aromatic nitrogens is 1. The van der Waals surface area contributed by atoms with Crippen LogP contribution in [0.2, 0.25) is 0 Å². The molecule has 2 aliphatic rings. The number of carbonyl (C=O) groups is 2. The number of pyridine rings is 1. The second kappa shape index (κ2) is 10.5. The van der Waals surface area contributed by atoms with Crippen LogP contribution in [0, 0.1) is 6.92 Å². The molecule has 0 spiro atoms. The average Bonchev–Trinajstić information content (AvgIpc) is 3.06. The van der Waals surface area contributed by atoms with Gasteiger partial charge in [-0.3, -0.25) is 9.78 Å². The number of aryl methyl sites for hydroxylation is 1. The van der Waals surface area contributed by atoms with Crippen molar-refractivity contribution in [3.8, 4) is 0 Å². The Kier molecular flexibility index (Phi) is 6.96. The molecule has 0 saturated carbocycles. The van der Waals surface area contributed by atoms with Gasteiger partial charge in [-0.1, -0.05) is 60.7 Å². The molecular weight excluding hydrogens is 450 g/mol. The van der Waals surface area contributed by atoms with Crippen molar-refractivity contribution in [1.82, 2.24) is 14.8 Å². The van der Waals surface area contributed by atoms with Gasteiger partial charge in [-0.25, -0.2) is 4.79 Å². The number of likely N-dealkylation sites (N-methyl/N-ethyl adjacent to an activating group) is 1. The molecule has 36 heavy (non-hydrogen) atoms. The van der Waals surface area contributed by atoms with Crippen LogP contribution >= 0.6 is 0 Å². The van der Waals surface area contributed by atoms with Crippen molar-refractivity contribution >= 4 is 24.0 Å². The van der Waals surface area contributed by atoms with Crippen LogP contribution in [0.5, 0.6) is 0 Å². The highest BCUT2D eigenvalue weighted by molar-refractivity contribution is 5.98. The molecule has 1 amide bonds. The highest BCUT2D eigenvalue weighted by Gasteiger charge is 2.24. The lowest BCUT2D eigenvalue weighted by Crippen LogP contribution is -2.47. The van der Waals surface area contributed by atoms with Crippen LogP contribution < -0.4 is 0 Å². The van der Waals surface area contributed by atoms with Crippen LogP contribution in [-0.4, -0.2) is 66.5 Å². The fourth-order valence-electron chi connectivity index (χ4n) is 5.01. The lowest BCUT2D eigenvalue weighted by Gasteiger charge is -2.32. The third-order valence-corrected chi connectivity index (χ3v) is 7.17. The monoisotopic (exact) mass is 481 g/mol. The Morgan fingerprint density at radius 1 is 0.944 bits per heavy atom. The van der Waals surface area contributed by atoms with E-state index in [2.05, 4.69) is 58.4 Å². The average molecular weight is 482 g/mol. The molecule has 6 nitrogen and oxygen atoms in total. The molecule has 5 rings (SSSR count). The van der Waals surface area contributed by atoms with Gasteiger partial charge in [-0.2, -0.15) is 0 Å². The third kappa shape index (κ3) is 4.95. The van der Waals surface area contributed by atoms with E-state index in [9.17, 15) is 9.59 Å². The summed E-state index contributed by atoms with van der Waals surface area (Å²) in [5.74, 6) is -0.422. The van der Waals surface area contributed by atoms with Crippen molar-refractivity contribution < 1.29 is 14.3 Å². The van der Waals surface area contributed by atoms with Gasteiger partial charge in [0.05, 0.1) is 23.4 Å². The van der Waals surface area contributed by atoms with E-state index in [1.54, 1.807) is 19.2 Å². The Labute approximate surface area is 212 Å². The predicted molar refractivity (Wildman–Crippen MR) is 141 cm³/mol. The van der Waals surface area contributed by atoms with Gasteiger partial charge in [-0.05, 0) is 48.7 Å². The smallest absolute Gasteiger partial charge is 0.340 e. The Bertz CT molecular complexity index is 1260. The lowest BCUT2D eigenvalue weighted by atomic mass is 9.85. The summed E-state index contributed by atoms with van der Waals surface area (Å²) in [7, 11) is 2.05. The topological polar surface area (TPSA) is 62.7 Å². The molecule has 2 heterocycles. The van der Waals surface area contributed by atoms with Crippen molar-refractivity contribution in [3.05, 3.63) is 99.9 Å². The first-order valence-corrected chi connectivity index (χ1v) is 12.5. The Morgan fingerprint density at radius 3 is 2.19 bits per heavy atom. The molecule has 1 saturated heterocycles. The first-order valence-electron chi connectivity index (χ1n) is 12.5. The summed E-state index contributed by atoms with van der Waals surface area (Å²) < 4.78 is 5.75. The zero-order chi connectivity index (χ0) is 25.1. The number of esters is 1. The second-order valence-electron chi connectivity index (χ2n) is 9.52. The molecule has 1 aliphatic heterocycles. The fourth-order valence-corrected chi connectivity index (χ4v) is 5.01. The molecule has 1 fully saturated rings. The molecule has 184 valence electrons. The van der Waals surface area contributed by atoms with Gasteiger partial charge in [0.2, 0.25) is 0 Å². The number of hydrogen-bond acceptors (Lipinski definition) is 5. The van der Waals surface area contributed by atoms with Gasteiger partial charge in [0, 0.05) is 38.3 Å². The number of amides is 1. The minimum atomic E-state index is -0.443. The number of benzene rings is 2. The number of piperazine rings is 1. The van der Waals surface area contributed by atoms with Crippen molar-refractivity contribution in [1.29, 1.82) is 0 Å². The zero-order valence-electron chi connectivity index (χ0n) is 20.8. The van der Waals surface area contributed by atoms with Crippen LogP contribution in [0.15, 0.2) is 60.8 Å². The Hall–Kier alpha value is -3.77. The van der Waals surface area contributed by atoms with E-state index in [4.69, 9.17) is 4.74 Å². The highest BCUT2D eigenvalue weighted by Crippen LogP contribution is 2.36. The summed E-state index contributed by atoms with van der Waals surface area (Å²) >= 11 is 0. The molecule has 0 unspecified atom stereocenters. The number of fused-ring (bicyclic) bond motifs is 2. The highest BCUT2D eigenvalue weighted by atomic mass is 16.5. The standard InChI is InChI=1S/C30H31N3O3/c1-21-28(19-24(20-31-21)29(34)33-16-14-32(2)15-17-33)30(35)36-18-13-27-25-9-5-3-7-22(25)11-12-23-8-4-6-10-26(23)27/h3-12,19-20,27H,13-18H2,1-2H3. The summed E-state index contributed by atoms with van der Waals surface area (Å²) in [4.78, 5) is 34.4. The third-order valence-electron chi connectivity index (χ3n) is 7.17. The van der Waals surface area contributed by atoms with E-state index in [0.29, 0.717) is 36.3 Å². The normalized spacial score (nSPS) is 15.7. The zero-order valence-corrected chi connectivity index (χ0v) is 20.8. The number of nitrogens with zero attached hydrogens (tertiary/aromatic N) is 3. The van der Waals surface area contributed by atoms with Crippen LogP contribution in [0.1, 0.15) is 61.0 Å². The summed E-state index contributed by atoms with van der Waals surface area (Å²) in [6.45, 7) is 5.04. The van der Waals surface area contributed by atoms with Gasteiger partial charge in [0.15, 0.2) is 0 Å². The number of ether oxygens (including phenoxy) is 1. The lowest BCUT2D eigenvalue weighted by molar-refractivity contribution is 0.0495. The Balaban J connectivity index is 1.30. The van der Waals surface area contributed by atoms with Gasteiger partial charge in [0.25, 0.3) is 5.91 Å². The SMILES string of the molecule is Cc1ncc(C(=O)N2CCN(C)CC2)cc1C(=O)OCCC1c2ccccc2C=Cc2ccccc21. The molecule has 0 radical (unpaired) electrons. The predicted octanol–water partition coefficient (Wildman–Crippen LogP) is 4.64. The first-order chi connectivity index (χ1) is 17.5. The van der Waals surface area contributed by atoms with E-state index in [0.717, 1.165) is 13.1 Å². The maximum atomic E-state index is 13.1. The molecule has 2 aromatic carbocycles. The molecule has 0 atom stereocenters. The molecule has 0 N–H and O–H groups in total. The van der Waals surface area contributed by atoms with E-state index in [-0.39, 0.29) is 18.4 Å². The summed E-state index contributed by atoms with van der Waals surface area (Å²) in [6, 6.07) is 18.4. The molecule has 1 aliphatic carbocycles. The van der Waals surface area contributed by atoms with Crippen LogP contribution in [-0.2, 0) is 4.74 Å². The van der Waals surface area contributed by atoms with Crippen LogP contribution in [0.25, 0.3) is 12.2 Å². The van der Waals surface area contributed by atoms with E-state index in [1.165, 1.54) is 22.3 Å². The number of hydrogen-bond donors (Lipinski definition) is 0. The maximum absolute atomic E-state index is 13.1. The minimum Gasteiger partial charge on any atom is -0.462 e. The molecule has 6 heteroatoms. The number of rotatable bonds is 5. The minimum absolute atomic E-state index is 0.0937. The van der Waals surface area contributed by atoms with Crippen LogP contribution in [0.4, 0.5) is 0 Å².